The number of rotatable bonds is 2. The van der Waals surface area contributed by atoms with Gasteiger partial charge in [0.15, 0.2) is 0 Å². The largest absolute Gasteiger partial charge is 0.338 e. The molecule has 0 aromatic heterocycles. The molecule has 0 fully saturated rings. The van der Waals surface area contributed by atoms with Crippen molar-refractivity contribution in [3.05, 3.63) is 34.6 Å². The molecule has 1 amide bonds. The fourth-order valence-electron chi connectivity index (χ4n) is 1.61. The minimum absolute atomic E-state index is 0.0108. The average Bonchev–Trinajstić information content (AvgIpc) is 2.28. The van der Waals surface area contributed by atoms with E-state index in [1.165, 1.54) is 18.2 Å². The molecule has 1 rings (SSSR count). The van der Waals surface area contributed by atoms with Gasteiger partial charge < -0.3 is 4.90 Å². The number of carbonyl (C=O) groups is 1. The lowest BCUT2D eigenvalue weighted by molar-refractivity contribution is 0.0624. The third-order valence-corrected chi connectivity index (χ3v) is 3.55. The summed E-state index contributed by atoms with van der Waals surface area (Å²) in [6, 6.07) is 4.00. The van der Waals surface area contributed by atoms with Gasteiger partial charge in [-0.1, -0.05) is 32.4 Å². The number of benzene rings is 1. The molecule has 0 radical (unpaired) electrons. The summed E-state index contributed by atoms with van der Waals surface area (Å²) in [5.41, 5.74) is -0.0551. The van der Waals surface area contributed by atoms with Crippen LogP contribution in [0.5, 0.6) is 0 Å². The quantitative estimate of drug-likeness (QED) is 0.797. The Morgan fingerprint density at radius 3 is 2.44 bits per heavy atom. The van der Waals surface area contributed by atoms with E-state index in [0.717, 1.165) is 0 Å². The zero-order valence-corrected chi connectivity index (χ0v) is 12.2. The second-order valence-electron chi connectivity index (χ2n) is 5.58. The number of hydrogen-bond donors (Lipinski definition) is 0. The van der Waals surface area contributed by atoms with Gasteiger partial charge in [0.2, 0.25) is 0 Å². The lowest BCUT2D eigenvalue weighted by Gasteiger charge is -2.35. The van der Waals surface area contributed by atoms with Gasteiger partial charge in [-0.05, 0) is 30.5 Å². The highest BCUT2D eigenvalue weighted by molar-refractivity contribution is 6.31. The predicted molar refractivity (Wildman–Crippen MR) is 72.4 cm³/mol. The van der Waals surface area contributed by atoms with E-state index < -0.39 is 5.82 Å². The normalized spacial score (nSPS) is 13.3. The van der Waals surface area contributed by atoms with E-state index in [1.807, 2.05) is 27.7 Å². The molecule has 4 heteroatoms. The van der Waals surface area contributed by atoms with E-state index in [9.17, 15) is 9.18 Å². The number of carbonyl (C=O) groups excluding carboxylic acids is 1. The molecule has 0 spiro atoms. The first-order valence-electron chi connectivity index (χ1n) is 5.87. The van der Waals surface area contributed by atoms with Crippen molar-refractivity contribution in [3.8, 4) is 0 Å². The van der Waals surface area contributed by atoms with Gasteiger partial charge in [-0.25, -0.2) is 4.39 Å². The van der Waals surface area contributed by atoms with E-state index in [2.05, 4.69) is 0 Å². The van der Waals surface area contributed by atoms with Crippen molar-refractivity contribution in [2.24, 2.45) is 5.41 Å². The molecule has 0 aliphatic carbocycles. The Hall–Kier alpha value is -1.09. The van der Waals surface area contributed by atoms with Crippen LogP contribution in [-0.4, -0.2) is 23.9 Å². The molecular formula is C14H19ClFNO. The summed E-state index contributed by atoms with van der Waals surface area (Å²) in [6.07, 6.45) is 0. The highest BCUT2D eigenvalue weighted by Gasteiger charge is 2.28. The molecule has 0 heterocycles. The molecule has 0 saturated carbocycles. The van der Waals surface area contributed by atoms with E-state index in [0.29, 0.717) is 5.02 Å². The fourth-order valence-corrected chi connectivity index (χ4v) is 1.78. The molecule has 0 bridgehead atoms. The maximum atomic E-state index is 13.6. The van der Waals surface area contributed by atoms with Crippen LogP contribution in [0.3, 0.4) is 0 Å². The highest BCUT2D eigenvalue weighted by Crippen LogP contribution is 2.25. The molecule has 1 atom stereocenters. The van der Waals surface area contributed by atoms with E-state index in [1.54, 1.807) is 11.9 Å². The van der Waals surface area contributed by atoms with Gasteiger partial charge in [-0.2, -0.15) is 0 Å². The maximum absolute atomic E-state index is 13.6. The lowest BCUT2D eigenvalue weighted by Crippen LogP contribution is -2.43. The molecule has 1 aromatic rings. The summed E-state index contributed by atoms with van der Waals surface area (Å²) in [5.74, 6) is -0.894. The van der Waals surface area contributed by atoms with Crippen molar-refractivity contribution < 1.29 is 9.18 Å². The summed E-state index contributed by atoms with van der Waals surface area (Å²) < 4.78 is 13.6. The minimum Gasteiger partial charge on any atom is -0.338 e. The van der Waals surface area contributed by atoms with Crippen molar-refractivity contribution in [1.82, 2.24) is 4.90 Å². The van der Waals surface area contributed by atoms with Crippen molar-refractivity contribution in [1.29, 1.82) is 0 Å². The van der Waals surface area contributed by atoms with Crippen LogP contribution in [0.4, 0.5) is 4.39 Å². The van der Waals surface area contributed by atoms with E-state index >= 15 is 0 Å². The number of hydrogen-bond acceptors (Lipinski definition) is 1. The first-order chi connectivity index (χ1) is 8.14. The second-order valence-corrected chi connectivity index (χ2v) is 6.02. The van der Waals surface area contributed by atoms with Crippen molar-refractivity contribution in [2.75, 3.05) is 7.05 Å². The maximum Gasteiger partial charge on any atom is 0.256 e. The topological polar surface area (TPSA) is 20.3 Å². The highest BCUT2D eigenvalue weighted by atomic mass is 35.5. The summed E-state index contributed by atoms with van der Waals surface area (Å²) in [4.78, 5) is 13.8. The third-order valence-electron chi connectivity index (χ3n) is 3.31. The smallest absolute Gasteiger partial charge is 0.256 e. The van der Waals surface area contributed by atoms with Gasteiger partial charge in [-0.15, -0.1) is 0 Å². The Bertz CT molecular complexity index is 454. The van der Waals surface area contributed by atoms with Crippen LogP contribution >= 0.6 is 11.6 Å². The van der Waals surface area contributed by atoms with Gasteiger partial charge in [0.1, 0.15) is 5.82 Å². The number of nitrogens with zero attached hydrogens (tertiary/aromatic N) is 1. The SMILES string of the molecule is CC(N(C)C(=O)c1cc(Cl)ccc1F)C(C)(C)C. The average molecular weight is 272 g/mol. The Kier molecular flexibility index (Phi) is 4.38. The van der Waals surface area contributed by atoms with Gasteiger partial charge in [0.25, 0.3) is 5.91 Å². The molecule has 0 aliphatic heterocycles. The van der Waals surface area contributed by atoms with Gasteiger partial charge in [-0.3, -0.25) is 4.79 Å². The summed E-state index contributed by atoms with van der Waals surface area (Å²) >= 11 is 5.80. The zero-order chi connectivity index (χ0) is 14.1. The van der Waals surface area contributed by atoms with E-state index in [-0.39, 0.29) is 22.9 Å². The van der Waals surface area contributed by atoms with Gasteiger partial charge in [0.05, 0.1) is 5.56 Å². The molecule has 18 heavy (non-hydrogen) atoms. The minimum atomic E-state index is -0.544. The third kappa shape index (κ3) is 3.22. The number of halogens is 2. The van der Waals surface area contributed by atoms with Crippen LogP contribution in [0, 0.1) is 11.2 Å². The summed E-state index contributed by atoms with van der Waals surface area (Å²) in [6.45, 7) is 8.06. The summed E-state index contributed by atoms with van der Waals surface area (Å²) in [7, 11) is 1.68. The van der Waals surface area contributed by atoms with Crippen LogP contribution < -0.4 is 0 Å². The Morgan fingerprint density at radius 1 is 1.39 bits per heavy atom. The van der Waals surface area contributed by atoms with Crippen LogP contribution in [-0.2, 0) is 0 Å². The molecule has 0 N–H and O–H groups in total. The molecule has 1 aromatic carbocycles. The summed E-state index contributed by atoms with van der Waals surface area (Å²) in [5, 5.41) is 0.358. The molecule has 0 aliphatic rings. The molecular weight excluding hydrogens is 253 g/mol. The van der Waals surface area contributed by atoms with Crippen LogP contribution in [0.15, 0.2) is 18.2 Å². The molecule has 1 unspecified atom stereocenters. The van der Waals surface area contributed by atoms with Crippen LogP contribution in [0.2, 0.25) is 5.02 Å². The van der Waals surface area contributed by atoms with Gasteiger partial charge >= 0.3 is 0 Å². The molecule has 0 saturated heterocycles. The first-order valence-corrected chi connectivity index (χ1v) is 6.24. The fraction of sp³-hybridized carbons (Fsp3) is 0.500. The van der Waals surface area contributed by atoms with E-state index in [4.69, 9.17) is 11.6 Å². The Labute approximate surface area is 113 Å². The van der Waals surface area contributed by atoms with Crippen molar-refractivity contribution in [3.63, 3.8) is 0 Å². The van der Waals surface area contributed by atoms with Crippen LogP contribution in [0.25, 0.3) is 0 Å². The number of amides is 1. The van der Waals surface area contributed by atoms with Crippen molar-refractivity contribution >= 4 is 17.5 Å². The van der Waals surface area contributed by atoms with Crippen molar-refractivity contribution in [2.45, 2.75) is 33.7 Å². The molecule has 2 nitrogen and oxygen atoms in total. The Balaban J connectivity index is 3.04. The molecule has 100 valence electrons. The standard InChI is InChI=1S/C14H19ClFNO/c1-9(14(2,3)4)17(5)13(18)11-8-10(15)6-7-12(11)16/h6-9H,1-5H3. The van der Waals surface area contributed by atoms with Crippen LogP contribution in [0.1, 0.15) is 38.1 Å². The first kappa shape index (κ1) is 15.0. The zero-order valence-electron chi connectivity index (χ0n) is 11.4. The van der Waals surface area contributed by atoms with Gasteiger partial charge in [0, 0.05) is 18.1 Å². The monoisotopic (exact) mass is 271 g/mol. The second kappa shape index (κ2) is 5.27. The lowest BCUT2D eigenvalue weighted by atomic mass is 9.87. The predicted octanol–water partition coefficient (Wildman–Crippen LogP) is 3.99. The Morgan fingerprint density at radius 2 is 1.94 bits per heavy atom.